The third-order valence-electron chi connectivity index (χ3n) is 7.04. The van der Waals surface area contributed by atoms with Crippen LogP contribution in [0.4, 0.5) is 4.79 Å². The third kappa shape index (κ3) is 6.70. The van der Waals surface area contributed by atoms with Crippen molar-refractivity contribution in [3.05, 3.63) is 47.8 Å². The molecular weight excluding hydrogens is 522 g/mol. The van der Waals surface area contributed by atoms with Gasteiger partial charge in [-0.15, -0.1) is 0 Å². The van der Waals surface area contributed by atoms with Gasteiger partial charge in [0.05, 0.1) is 6.54 Å². The molecule has 39 heavy (non-hydrogen) atoms. The van der Waals surface area contributed by atoms with E-state index in [9.17, 15) is 23.1 Å². The van der Waals surface area contributed by atoms with Gasteiger partial charge in [0.2, 0.25) is 0 Å². The maximum atomic E-state index is 13.1. The van der Waals surface area contributed by atoms with Crippen molar-refractivity contribution in [2.45, 2.75) is 69.6 Å². The van der Waals surface area contributed by atoms with Gasteiger partial charge in [-0.2, -0.15) is 0 Å². The monoisotopic (exact) mass is 557 g/mol. The smallest absolute Gasteiger partial charge is 0.328 e. The fraction of sp³-hybridized carbons (Fsp3) is 0.500. The van der Waals surface area contributed by atoms with E-state index in [-0.39, 0.29) is 19.0 Å². The summed E-state index contributed by atoms with van der Waals surface area (Å²) >= 11 is 0. The molecular formula is C28H35N3O7S. The second-order valence-electron chi connectivity index (χ2n) is 10.8. The van der Waals surface area contributed by atoms with Gasteiger partial charge in [-0.05, 0) is 63.8 Å². The quantitative estimate of drug-likeness (QED) is 0.377. The predicted octanol–water partition coefficient (Wildman–Crippen LogP) is 2.83. The van der Waals surface area contributed by atoms with Crippen LogP contribution in [0.25, 0.3) is 11.1 Å². The summed E-state index contributed by atoms with van der Waals surface area (Å²) in [6, 6.07) is 9.14. The van der Waals surface area contributed by atoms with Crippen LogP contribution in [0.2, 0.25) is 0 Å². The van der Waals surface area contributed by atoms with Gasteiger partial charge in [0.25, 0.3) is 5.91 Å². The van der Waals surface area contributed by atoms with E-state index >= 15 is 0 Å². The first-order valence-corrected chi connectivity index (χ1v) is 14.8. The first-order valence-electron chi connectivity index (χ1n) is 12.9. The number of aliphatic hydroxyl groups is 1. The summed E-state index contributed by atoms with van der Waals surface area (Å²) in [6.07, 6.45) is 4.47. The lowest BCUT2D eigenvalue weighted by molar-refractivity contribution is -0.201. The molecule has 0 aliphatic carbocycles. The van der Waals surface area contributed by atoms with Crippen LogP contribution in [0.15, 0.2) is 36.5 Å². The number of hydrogen-bond donors (Lipinski definition) is 2. The molecule has 1 saturated heterocycles. The van der Waals surface area contributed by atoms with Crippen molar-refractivity contribution >= 4 is 21.8 Å². The van der Waals surface area contributed by atoms with Crippen LogP contribution in [0, 0.1) is 11.8 Å². The Labute approximate surface area is 229 Å². The maximum Gasteiger partial charge on any atom is 0.328 e. The van der Waals surface area contributed by atoms with Crippen LogP contribution in [0.1, 0.15) is 57.7 Å². The average molecular weight is 558 g/mol. The number of hydrogen-bond acceptors (Lipinski definition) is 7. The van der Waals surface area contributed by atoms with Gasteiger partial charge in [-0.3, -0.25) is 9.36 Å². The molecule has 1 aromatic carbocycles. The summed E-state index contributed by atoms with van der Waals surface area (Å²) in [4.78, 5) is 32.9. The molecule has 11 heteroatoms. The molecule has 1 aromatic heterocycles. The Morgan fingerprint density at radius 2 is 1.92 bits per heavy atom. The molecule has 3 heterocycles. The number of carbonyl (C=O) groups excluding carboxylic acids is 2. The first kappa shape index (κ1) is 28.8. The Bertz CT molecular complexity index is 1390. The van der Waals surface area contributed by atoms with E-state index in [0.29, 0.717) is 19.6 Å². The van der Waals surface area contributed by atoms with E-state index in [1.165, 1.54) is 11.8 Å². The number of nitrogens with one attached hydrogen (secondary N) is 1. The van der Waals surface area contributed by atoms with Crippen molar-refractivity contribution in [1.29, 1.82) is 0 Å². The van der Waals surface area contributed by atoms with Crippen molar-refractivity contribution in [3.63, 3.8) is 0 Å². The van der Waals surface area contributed by atoms with E-state index in [4.69, 9.17) is 9.57 Å². The van der Waals surface area contributed by atoms with Gasteiger partial charge >= 0.3 is 6.03 Å². The highest BCUT2D eigenvalue weighted by molar-refractivity contribution is 7.92. The fourth-order valence-corrected chi connectivity index (χ4v) is 5.21. The van der Waals surface area contributed by atoms with Gasteiger partial charge in [0.15, 0.2) is 20.9 Å². The Kier molecular flexibility index (Phi) is 8.23. The Balaban J connectivity index is 1.39. The van der Waals surface area contributed by atoms with Crippen LogP contribution in [-0.4, -0.2) is 71.0 Å². The topological polar surface area (TPSA) is 127 Å². The van der Waals surface area contributed by atoms with Crippen molar-refractivity contribution in [1.82, 2.24) is 14.9 Å². The molecule has 210 valence electrons. The van der Waals surface area contributed by atoms with Crippen LogP contribution in [0.5, 0.6) is 0 Å². The molecule has 2 amide bonds. The number of rotatable bonds is 8. The molecule has 2 aromatic rings. The number of aromatic nitrogens is 1. The number of benzene rings is 1. The predicted molar refractivity (Wildman–Crippen MR) is 145 cm³/mol. The minimum absolute atomic E-state index is 0.0708. The number of amides is 2. The van der Waals surface area contributed by atoms with E-state index in [1.807, 2.05) is 30.3 Å². The molecule has 0 spiro atoms. The zero-order chi connectivity index (χ0) is 28.4. The number of hydroxylamine groups is 1. The van der Waals surface area contributed by atoms with Gasteiger partial charge < -0.3 is 14.7 Å². The molecule has 4 rings (SSSR count). The Morgan fingerprint density at radius 1 is 1.21 bits per heavy atom. The van der Waals surface area contributed by atoms with E-state index in [1.54, 1.807) is 24.6 Å². The van der Waals surface area contributed by atoms with Gasteiger partial charge in [0, 0.05) is 48.8 Å². The lowest BCUT2D eigenvalue weighted by Gasteiger charge is -2.29. The van der Waals surface area contributed by atoms with Crippen molar-refractivity contribution < 1.29 is 32.7 Å². The second kappa shape index (κ2) is 11.1. The summed E-state index contributed by atoms with van der Waals surface area (Å²) in [5.41, 5.74) is 4.50. The summed E-state index contributed by atoms with van der Waals surface area (Å²) in [5.74, 6) is 4.92. The highest BCUT2D eigenvalue weighted by Gasteiger charge is 2.45. The molecule has 2 atom stereocenters. The van der Waals surface area contributed by atoms with Crippen molar-refractivity contribution in [2.75, 3.05) is 19.4 Å². The number of ether oxygens (including phenoxy) is 1. The van der Waals surface area contributed by atoms with E-state index in [0.717, 1.165) is 41.5 Å². The number of carbonyl (C=O) groups is 2. The van der Waals surface area contributed by atoms with Gasteiger partial charge in [-0.25, -0.2) is 23.5 Å². The SMILES string of the molecule is CC(C)(O)C#Cc1ccc(-c2cc3n(c2)C(=O)N(CCC(C)(C(=O)NOC2CCCCO2)S(C)(=O)=O)C3)cc1. The number of nitrogens with zero attached hydrogens (tertiary/aromatic N) is 2. The molecule has 2 N–H and O–H groups in total. The molecule has 1 fully saturated rings. The summed E-state index contributed by atoms with van der Waals surface area (Å²) in [5, 5.41) is 9.78. The molecule has 0 saturated carbocycles. The molecule has 2 aliphatic rings. The van der Waals surface area contributed by atoms with E-state index < -0.39 is 32.4 Å². The normalized spacial score (nSPS) is 19.2. The van der Waals surface area contributed by atoms with Crippen molar-refractivity contribution in [3.8, 4) is 23.0 Å². The lowest BCUT2D eigenvalue weighted by atomic mass is 10.1. The minimum Gasteiger partial charge on any atom is -0.378 e. The first-order chi connectivity index (χ1) is 18.3. The maximum absolute atomic E-state index is 13.1. The summed E-state index contributed by atoms with van der Waals surface area (Å²) in [7, 11) is -3.84. The molecule has 10 nitrogen and oxygen atoms in total. The summed E-state index contributed by atoms with van der Waals surface area (Å²) in [6.45, 7) is 5.47. The number of fused-ring (bicyclic) bond motifs is 1. The van der Waals surface area contributed by atoms with Crippen LogP contribution in [-0.2, 0) is 30.8 Å². The number of sulfone groups is 1. The highest BCUT2D eigenvalue weighted by Crippen LogP contribution is 2.29. The van der Waals surface area contributed by atoms with Gasteiger partial charge in [-0.1, -0.05) is 24.0 Å². The van der Waals surface area contributed by atoms with Crippen LogP contribution < -0.4 is 5.48 Å². The Morgan fingerprint density at radius 3 is 2.51 bits per heavy atom. The zero-order valence-electron chi connectivity index (χ0n) is 22.7. The lowest BCUT2D eigenvalue weighted by Crippen LogP contribution is -2.52. The standard InChI is InChI=1S/C28H35N3O7S/c1-27(2,34)13-12-20-8-10-21(11-9-20)22-17-23-19-30(26(33)31(23)18-22)15-14-28(3,39(4,35)36)25(32)29-38-24-7-5-6-16-37-24/h8-11,17-18,24,34H,5-7,14-16,19H2,1-4H3,(H,29,32). The largest absolute Gasteiger partial charge is 0.378 e. The van der Waals surface area contributed by atoms with Crippen molar-refractivity contribution in [2.24, 2.45) is 0 Å². The van der Waals surface area contributed by atoms with Crippen LogP contribution >= 0.6 is 0 Å². The Hall–Kier alpha value is -3.17. The molecule has 2 unspecified atom stereocenters. The third-order valence-corrected chi connectivity index (χ3v) is 9.06. The van der Waals surface area contributed by atoms with Gasteiger partial charge in [0.1, 0.15) is 5.60 Å². The minimum atomic E-state index is -3.84. The highest BCUT2D eigenvalue weighted by atomic mass is 32.2. The summed E-state index contributed by atoms with van der Waals surface area (Å²) < 4.78 is 30.4. The average Bonchev–Trinajstić information content (AvgIpc) is 3.43. The second-order valence-corrected chi connectivity index (χ2v) is 13.2. The van der Waals surface area contributed by atoms with E-state index in [2.05, 4.69) is 17.3 Å². The molecule has 0 radical (unpaired) electrons. The fourth-order valence-electron chi connectivity index (χ4n) is 4.37. The molecule has 0 bridgehead atoms. The molecule has 2 aliphatic heterocycles. The van der Waals surface area contributed by atoms with Crippen LogP contribution in [0.3, 0.4) is 0 Å². The zero-order valence-corrected chi connectivity index (χ0v) is 23.5.